The highest BCUT2D eigenvalue weighted by Crippen LogP contribution is 2.26. The van der Waals surface area contributed by atoms with E-state index >= 15 is 0 Å². The Labute approximate surface area is 165 Å². The predicted molar refractivity (Wildman–Crippen MR) is 108 cm³/mol. The molecule has 0 atom stereocenters. The number of anilines is 1. The van der Waals surface area contributed by atoms with Gasteiger partial charge in [0.1, 0.15) is 18.9 Å². The number of sulfonamides is 1. The number of benzene rings is 2. The van der Waals surface area contributed by atoms with Crippen molar-refractivity contribution in [3.8, 4) is 5.75 Å². The van der Waals surface area contributed by atoms with Gasteiger partial charge < -0.3 is 10.1 Å². The molecule has 8 heteroatoms. The van der Waals surface area contributed by atoms with Gasteiger partial charge in [0.05, 0.1) is 23.5 Å². The first kappa shape index (κ1) is 21.1. The molecule has 0 fully saturated rings. The molecule has 0 unspecified atom stereocenters. The molecule has 0 bridgehead atoms. The second kappa shape index (κ2) is 9.10. The molecule has 2 aromatic carbocycles. The Balaban J connectivity index is 1.98. The summed E-state index contributed by atoms with van der Waals surface area (Å²) >= 11 is 6.00. The van der Waals surface area contributed by atoms with Crippen molar-refractivity contribution in [3.63, 3.8) is 0 Å². The van der Waals surface area contributed by atoms with Crippen LogP contribution in [0.1, 0.15) is 11.1 Å². The molecule has 146 valence electrons. The summed E-state index contributed by atoms with van der Waals surface area (Å²) in [5.74, 6) is 0.118. The van der Waals surface area contributed by atoms with Gasteiger partial charge in [-0.2, -0.15) is 0 Å². The van der Waals surface area contributed by atoms with Gasteiger partial charge in [-0.1, -0.05) is 41.9 Å². The first-order valence-corrected chi connectivity index (χ1v) is 10.6. The van der Waals surface area contributed by atoms with E-state index in [1.54, 1.807) is 24.3 Å². The zero-order valence-electron chi connectivity index (χ0n) is 15.5. The summed E-state index contributed by atoms with van der Waals surface area (Å²) in [5, 5.41) is 3.16. The molecule has 2 rings (SSSR count). The lowest BCUT2D eigenvalue weighted by molar-refractivity contribution is -0.119. The molecule has 1 N–H and O–H groups in total. The average molecular weight is 411 g/mol. The van der Waals surface area contributed by atoms with E-state index in [1.807, 2.05) is 32.0 Å². The topological polar surface area (TPSA) is 75.7 Å². The number of nitrogens with zero attached hydrogens (tertiary/aromatic N) is 1. The molecule has 2 aromatic rings. The number of amides is 1. The van der Waals surface area contributed by atoms with E-state index in [1.165, 1.54) is 0 Å². The van der Waals surface area contributed by atoms with Gasteiger partial charge in [0.25, 0.3) is 0 Å². The van der Waals surface area contributed by atoms with E-state index in [9.17, 15) is 13.2 Å². The standard InChI is InChI=1S/C19H23ClN2O4S/c1-14-7-6-8-15(2)19(14)22(27(3,24)25)13-18(23)21-11-12-26-17-10-5-4-9-16(17)20/h4-10H,11-13H2,1-3H3,(H,21,23). The zero-order valence-corrected chi connectivity index (χ0v) is 17.1. The second-order valence-corrected chi connectivity index (χ2v) is 8.45. The summed E-state index contributed by atoms with van der Waals surface area (Å²) in [6, 6.07) is 12.5. The number of rotatable bonds is 8. The van der Waals surface area contributed by atoms with E-state index in [0.717, 1.165) is 21.7 Å². The Hall–Kier alpha value is -2.25. The van der Waals surface area contributed by atoms with Crippen LogP contribution in [0, 0.1) is 13.8 Å². The highest BCUT2D eigenvalue weighted by molar-refractivity contribution is 7.92. The number of hydrogen-bond donors (Lipinski definition) is 1. The van der Waals surface area contributed by atoms with E-state index in [2.05, 4.69) is 5.32 Å². The van der Waals surface area contributed by atoms with E-state index in [-0.39, 0.29) is 19.7 Å². The molecule has 0 saturated heterocycles. The largest absolute Gasteiger partial charge is 0.490 e. The van der Waals surface area contributed by atoms with Gasteiger partial charge >= 0.3 is 0 Å². The maximum absolute atomic E-state index is 12.3. The van der Waals surface area contributed by atoms with Crippen LogP contribution in [0.25, 0.3) is 0 Å². The third-order valence-corrected chi connectivity index (χ3v) is 5.32. The lowest BCUT2D eigenvalue weighted by atomic mass is 10.1. The van der Waals surface area contributed by atoms with Gasteiger partial charge in [-0.15, -0.1) is 0 Å². The summed E-state index contributed by atoms with van der Waals surface area (Å²) in [6.07, 6.45) is 1.09. The number of nitrogens with one attached hydrogen (secondary N) is 1. The van der Waals surface area contributed by atoms with Crippen LogP contribution in [0.2, 0.25) is 5.02 Å². The van der Waals surface area contributed by atoms with Crippen LogP contribution in [0.3, 0.4) is 0 Å². The first-order chi connectivity index (χ1) is 12.7. The van der Waals surface area contributed by atoms with Gasteiger partial charge in [-0.05, 0) is 37.1 Å². The lowest BCUT2D eigenvalue weighted by Crippen LogP contribution is -2.42. The number of aryl methyl sites for hydroxylation is 2. The van der Waals surface area contributed by atoms with Gasteiger partial charge in [0, 0.05) is 0 Å². The van der Waals surface area contributed by atoms with Crippen LogP contribution in [-0.2, 0) is 14.8 Å². The number of carbonyl (C=O) groups is 1. The summed E-state index contributed by atoms with van der Waals surface area (Å²) < 4.78 is 31.1. The molecule has 0 aromatic heterocycles. The van der Waals surface area contributed by atoms with Gasteiger partial charge in [-0.25, -0.2) is 8.42 Å². The number of hydrogen-bond acceptors (Lipinski definition) is 4. The van der Waals surface area contributed by atoms with Gasteiger partial charge in [-0.3, -0.25) is 9.10 Å². The highest BCUT2D eigenvalue weighted by atomic mass is 35.5. The molecule has 0 aliphatic heterocycles. The highest BCUT2D eigenvalue weighted by Gasteiger charge is 2.23. The van der Waals surface area contributed by atoms with Crippen LogP contribution < -0.4 is 14.4 Å². The summed E-state index contributed by atoms with van der Waals surface area (Å²) in [7, 11) is -3.61. The minimum atomic E-state index is -3.61. The van der Waals surface area contributed by atoms with Crippen LogP contribution >= 0.6 is 11.6 Å². The maximum Gasteiger partial charge on any atom is 0.240 e. The van der Waals surface area contributed by atoms with Crippen LogP contribution in [-0.4, -0.2) is 40.3 Å². The second-order valence-electron chi connectivity index (χ2n) is 6.14. The van der Waals surface area contributed by atoms with Crippen molar-refractivity contribution in [2.24, 2.45) is 0 Å². The third-order valence-electron chi connectivity index (χ3n) is 3.89. The molecule has 0 aliphatic carbocycles. The average Bonchev–Trinajstić information content (AvgIpc) is 2.58. The molecule has 0 saturated carbocycles. The Morgan fingerprint density at radius 2 is 1.74 bits per heavy atom. The number of ether oxygens (including phenoxy) is 1. The van der Waals surface area contributed by atoms with Crippen molar-refractivity contribution in [2.75, 3.05) is 30.3 Å². The van der Waals surface area contributed by atoms with E-state index < -0.39 is 15.9 Å². The Morgan fingerprint density at radius 1 is 1.11 bits per heavy atom. The fraction of sp³-hybridized carbons (Fsp3) is 0.316. The van der Waals surface area contributed by atoms with Crippen LogP contribution in [0.15, 0.2) is 42.5 Å². The van der Waals surface area contributed by atoms with Gasteiger partial charge in [0.2, 0.25) is 15.9 Å². The molecule has 27 heavy (non-hydrogen) atoms. The summed E-state index contributed by atoms with van der Waals surface area (Å²) in [6.45, 7) is 3.79. The quantitative estimate of drug-likeness (QED) is 0.679. The molecule has 6 nitrogen and oxygen atoms in total. The molecule has 0 heterocycles. The predicted octanol–water partition coefficient (Wildman–Crippen LogP) is 2.92. The lowest BCUT2D eigenvalue weighted by Gasteiger charge is -2.25. The molecular formula is C19H23ClN2O4S. The molecule has 0 aliphatic rings. The number of carbonyl (C=O) groups excluding carboxylic acids is 1. The molecule has 0 spiro atoms. The van der Waals surface area contributed by atoms with E-state index in [4.69, 9.17) is 16.3 Å². The van der Waals surface area contributed by atoms with Crippen molar-refractivity contribution in [1.29, 1.82) is 0 Å². The fourth-order valence-electron chi connectivity index (χ4n) is 2.66. The molecule has 1 amide bonds. The van der Waals surface area contributed by atoms with Crippen molar-refractivity contribution >= 4 is 33.2 Å². The van der Waals surface area contributed by atoms with Crippen LogP contribution in [0.5, 0.6) is 5.75 Å². The minimum Gasteiger partial charge on any atom is -0.490 e. The van der Waals surface area contributed by atoms with Crippen molar-refractivity contribution in [1.82, 2.24) is 5.32 Å². The summed E-state index contributed by atoms with van der Waals surface area (Å²) in [4.78, 5) is 12.3. The SMILES string of the molecule is Cc1cccc(C)c1N(CC(=O)NCCOc1ccccc1Cl)S(C)(=O)=O. The summed E-state index contributed by atoms with van der Waals surface area (Å²) in [5.41, 5.74) is 2.10. The molecular weight excluding hydrogens is 388 g/mol. The van der Waals surface area contributed by atoms with Crippen molar-refractivity contribution in [3.05, 3.63) is 58.6 Å². The van der Waals surface area contributed by atoms with Crippen molar-refractivity contribution in [2.45, 2.75) is 13.8 Å². The fourth-order valence-corrected chi connectivity index (χ4v) is 3.82. The maximum atomic E-state index is 12.3. The van der Waals surface area contributed by atoms with Crippen LogP contribution in [0.4, 0.5) is 5.69 Å². The monoisotopic (exact) mass is 410 g/mol. The Bertz CT molecular complexity index is 895. The number of halogens is 1. The minimum absolute atomic E-state index is 0.220. The Morgan fingerprint density at radius 3 is 2.33 bits per heavy atom. The third kappa shape index (κ3) is 5.87. The molecule has 0 radical (unpaired) electrons. The normalized spacial score (nSPS) is 11.1. The zero-order chi connectivity index (χ0) is 20.0. The first-order valence-electron chi connectivity index (χ1n) is 8.38. The Kier molecular flexibility index (Phi) is 7.10. The number of para-hydroxylation sites is 2. The van der Waals surface area contributed by atoms with Gasteiger partial charge in [0.15, 0.2) is 0 Å². The van der Waals surface area contributed by atoms with Crippen molar-refractivity contribution < 1.29 is 17.9 Å². The smallest absolute Gasteiger partial charge is 0.240 e. The van der Waals surface area contributed by atoms with E-state index in [0.29, 0.717) is 16.5 Å².